The van der Waals surface area contributed by atoms with Crippen LogP contribution in [0, 0.1) is 6.92 Å². The van der Waals surface area contributed by atoms with Crippen molar-refractivity contribution < 1.29 is 4.42 Å². The van der Waals surface area contributed by atoms with Gasteiger partial charge in [0, 0.05) is 6.07 Å². The average Bonchev–Trinajstić information content (AvgIpc) is 2.42. The van der Waals surface area contributed by atoms with Gasteiger partial charge in [-0.25, -0.2) is 14.3 Å². The Labute approximate surface area is 89.1 Å². The number of hydrogen-bond acceptors (Lipinski definition) is 3. The molecule has 0 atom stereocenters. The van der Waals surface area contributed by atoms with Crippen molar-refractivity contribution in [3.8, 4) is 0 Å². The van der Waals surface area contributed by atoms with E-state index in [4.69, 9.17) is 27.6 Å². The second-order valence-corrected chi connectivity index (χ2v) is 3.44. The van der Waals surface area contributed by atoms with Crippen LogP contribution < -0.4 is 5.76 Å². The molecule has 0 amide bonds. The van der Waals surface area contributed by atoms with Crippen LogP contribution in [0.1, 0.15) is 5.69 Å². The predicted molar refractivity (Wildman–Crippen MR) is 53.9 cm³/mol. The molecular formula is C8H6Cl2N2O2. The van der Waals surface area contributed by atoms with Crippen LogP contribution in [0.15, 0.2) is 15.3 Å². The standard InChI is InChI=1S/C8H6Cl2N2O2/c1-4-5(10)2-6-7(11-4)12(3-9)8(13)14-6/h2H,3H2,1H3. The molecule has 0 aliphatic rings. The van der Waals surface area contributed by atoms with Crippen molar-refractivity contribution in [2.75, 3.05) is 0 Å². The van der Waals surface area contributed by atoms with E-state index in [-0.39, 0.29) is 6.00 Å². The largest absolute Gasteiger partial charge is 0.422 e. The molecule has 74 valence electrons. The molecule has 2 aromatic rings. The van der Waals surface area contributed by atoms with Gasteiger partial charge < -0.3 is 4.42 Å². The van der Waals surface area contributed by atoms with Crippen LogP contribution in [-0.4, -0.2) is 9.55 Å². The van der Waals surface area contributed by atoms with Gasteiger partial charge in [0.25, 0.3) is 0 Å². The first-order valence-electron chi connectivity index (χ1n) is 3.86. The predicted octanol–water partition coefficient (Wildman–Crippen LogP) is 2.15. The molecule has 0 saturated heterocycles. The highest BCUT2D eigenvalue weighted by molar-refractivity contribution is 6.31. The summed E-state index contributed by atoms with van der Waals surface area (Å²) in [4.78, 5) is 15.3. The van der Waals surface area contributed by atoms with E-state index in [2.05, 4.69) is 4.98 Å². The van der Waals surface area contributed by atoms with E-state index < -0.39 is 5.76 Å². The molecule has 0 bridgehead atoms. The maximum Gasteiger partial charge on any atom is 0.422 e. The number of oxazole rings is 1. The summed E-state index contributed by atoms with van der Waals surface area (Å²) in [5, 5.41) is 0.466. The highest BCUT2D eigenvalue weighted by Gasteiger charge is 2.11. The quantitative estimate of drug-likeness (QED) is 0.709. The molecule has 2 aromatic heterocycles. The Balaban J connectivity index is 2.89. The zero-order valence-electron chi connectivity index (χ0n) is 7.25. The lowest BCUT2D eigenvalue weighted by Crippen LogP contribution is -2.11. The zero-order valence-corrected chi connectivity index (χ0v) is 8.76. The fourth-order valence-corrected chi connectivity index (χ4v) is 1.51. The lowest BCUT2D eigenvalue weighted by atomic mass is 10.3. The number of aromatic nitrogens is 2. The molecule has 0 spiro atoms. The van der Waals surface area contributed by atoms with Gasteiger partial charge in [-0.1, -0.05) is 11.6 Å². The number of nitrogens with zero attached hydrogens (tertiary/aromatic N) is 2. The molecule has 0 saturated carbocycles. The van der Waals surface area contributed by atoms with Crippen molar-refractivity contribution in [3.05, 3.63) is 27.3 Å². The first-order chi connectivity index (χ1) is 6.63. The Morgan fingerprint density at radius 2 is 2.36 bits per heavy atom. The summed E-state index contributed by atoms with van der Waals surface area (Å²) in [5.74, 6) is -0.524. The number of halogens is 2. The molecular weight excluding hydrogens is 227 g/mol. The maximum absolute atomic E-state index is 11.2. The average molecular weight is 233 g/mol. The highest BCUT2D eigenvalue weighted by Crippen LogP contribution is 2.19. The summed E-state index contributed by atoms with van der Waals surface area (Å²) in [5.41, 5.74) is 1.41. The topological polar surface area (TPSA) is 48.0 Å². The Morgan fingerprint density at radius 1 is 1.64 bits per heavy atom. The van der Waals surface area contributed by atoms with Crippen molar-refractivity contribution in [1.29, 1.82) is 0 Å². The third-order valence-corrected chi connectivity index (χ3v) is 2.51. The molecule has 2 rings (SSSR count). The Morgan fingerprint density at radius 3 is 3.00 bits per heavy atom. The van der Waals surface area contributed by atoms with Crippen molar-refractivity contribution in [3.63, 3.8) is 0 Å². The fourth-order valence-electron chi connectivity index (χ4n) is 1.16. The van der Waals surface area contributed by atoms with Crippen LogP contribution in [0.25, 0.3) is 11.2 Å². The van der Waals surface area contributed by atoms with Gasteiger partial charge in [-0.05, 0) is 6.92 Å². The number of pyridine rings is 1. The number of alkyl halides is 1. The molecule has 6 heteroatoms. The molecule has 0 N–H and O–H groups in total. The molecule has 2 heterocycles. The minimum absolute atomic E-state index is 0.0138. The van der Waals surface area contributed by atoms with E-state index in [1.54, 1.807) is 13.0 Å². The molecule has 0 aliphatic carbocycles. The lowest BCUT2D eigenvalue weighted by molar-refractivity contribution is 0.525. The Kier molecular flexibility index (Phi) is 2.25. The number of hydrogen-bond donors (Lipinski definition) is 0. The normalized spacial score (nSPS) is 11.1. The van der Waals surface area contributed by atoms with Gasteiger partial charge in [0.2, 0.25) is 0 Å². The van der Waals surface area contributed by atoms with Gasteiger partial charge in [-0.2, -0.15) is 0 Å². The lowest BCUT2D eigenvalue weighted by Gasteiger charge is -1.97. The molecule has 0 radical (unpaired) electrons. The van der Waals surface area contributed by atoms with Crippen LogP contribution in [0.2, 0.25) is 5.02 Å². The van der Waals surface area contributed by atoms with Gasteiger partial charge in [-0.15, -0.1) is 11.6 Å². The van der Waals surface area contributed by atoms with Crippen LogP contribution in [0.4, 0.5) is 0 Å². The summed E-state index contributed by atoms with van der Waals surface area (Å²) in [6.07, 6.45) is 0. The van der Waals surface area contributed by atoms with E-state index in [9.17, 15) is 4.79 Å². The van der Waals surface area contributed by atoms with E-state index in [0.717, 1.165) is 0 Å². The van der Waals surface area contributed by atoms with Gasteiger partial charge in [0.15, 0.2) is 11.2 Å². The van der Waals surface area contributed by atoms with Crippen LogP contribution in [0.3, 0.4) is 0 Å². The summed E-state index contributed by atoms with van der Waals surface area (Å²) in [6, 6.07) is 1.57. The Bertz CT molecular complexity index is 544. The summed E-state index contributed by atoms with van der Waals surface area (Å²) >= 11 is 11.4. The molecule has 0 fully saturated rings. The van der Waals surface area contributed by atoms with Crippen molar-refractivity contribution in [2.45, 2.75) is 12.9 Å². The van der Waals surface area contributed by atoms with Gasteiger partial charge in [0.05, 0.1) is 10.7 Å². The van der Waals surface area contributed by atoms with Crippen molar-refractivity contribution in [2.24, 2.45) is 0 Å². The number of rotatable bonds is 1. The monoisotopic (exact) mass is 232 g/mol. The molecule has 0 aromatic carbocycles. The smallest absolute Gasteiger partial charge is 0.406 e. The van der Waals surface area contributed by atoms with Gasteiger partial charge >= 0.3 is 5.76 Å². The summed E-state index contributed by atoms with van der Waals surface area (Å²) in [6.45, 7) is 1.75. The third-order valence-electron chi connectivity index (χ3n) is 1.89. The first-order valence-corrected chi connectivity index (χ1v) is 4.77. The maximum atomic E-state index is 11.2. The second kappa shape index (κ2) is 3.29. The zero-order chi connectivity index (χ0) is 10.3. The second-order valence-electron chi connectivity index (χ2n) is 2.79. The fraction of sp³-hybridized carbons (Fsp3) is 0.250. The first kappa shape index (κ1) is 9.55. The van der Waals surface area contributed by atoms with Gasteiger partial charge in [-0.3, -0.25) is 0 Å². The number of fused-ring (bicyclic) bond motifs is 1. The van der Waals surface area contributed by atoms with Crippen molar-refractivity contribution in [1.82, 2.24) is 9.55 Å². The molecule has 14 heavy (non-hydrogen) atoms. The minimum atomic E-state index is -0.524. The SMILES string of the molecule is Cc1nc2c(cc1Cl)oc(=O)n2CCl. The van der Waals surface area contributed by atoms with E-state index >= 15 is 0 Å². The summed E-state index contributed by atoms with van der Waals surface area (Å²) < 4.78 is 6.14. The third kappa shape index (κ3) is 1.31. The van der Waals surface area contributed by atoms with E-state index in [1.807, 2.05) is 0 Å². The molecule has 4 nitrogen and oxygen atoms in total. The van der Waals surface area contributed by atoms with Crippen LogP contribution in [-0.2, 0) is 6.00 Å². The Hall–Kier alpha value is -1.00. The van der Waals surface area contributed by atoms with Crippen LogP contribution >= 0.6 is 23.2 Å². The molecule has 0 aliphatic heterocycles. The van der Waals surface area contributed by atoms with E-state index in [0.29, 0.717) is 21.9 Å². The van der Waals surface area contributed by atoms with Crippen molar-refractivity contribution >= 4 is 34.4 Å². The summed E-state index contributed by atoms with van der Waals surface area (Å²) in [7, 11) is 0. The van der Waals surface area contributed by atoms with E-state index in [1.165, 1.54) is 4.57 Å². The number of aryl methyl sites for hydroxylation is 1. The minimum Gasteiger partial charge on any atom is -0.406 e. The van der Waals surface area contributed by atoms with Crippen LogP contribution in [0.5, 0.6) is 0 Å². The highest BCUT2D eigenvalue weighted by atomic mass is 35.5. The van der Waals surface area contributed by atoms with Gasteiger partial charge in [0.1, 0.15) is 6.00 Å². The molecule has 0 unspecified atom stereocenters.